The molecule has 0 spiro atoms. The van der Waals surface area contributed by atoms with E-state index in [1.807, 2.05) is 0 Å². The van der Waals surface area contributed by atoms with Gasteiger partial charge in [-0.05, 0) is 31.0 Å². The first kappa shape index (κ1) is 12.2. The molecule has 0 heterocycles. The Morgan fingerprint density at radius 1 is 1.35 bits per heavy atom. The van der Waals surface area contributed by atoms with E-state index in [9.17, 15) is 13.4 Å². The van der Waals surface area contributed by atoms with Crippen LogP contribution in [-0.4, -0.2) is 20.5 Å². The van der Waals surface area contributed by atoms with Crippen molar-refractivity contribution in [3.63, 3.8) is 0 Å². The molecule has 2 rings (SSSR count). The van der Waals surface area contributed by atoms with E-state index in [2.05, 4.69) is 0 Å². The van der Waals surface area contributed by atoms with Crippen molar-refractivity contribution in [3.05, 3.63) is 29.6 Å². The quantitative estimate of drug-likeness (QED) is 0.904. The van der Waals surface area contributed by atoms with Gasteiger partial charge in [0.15, 0.2) is 0 Å². The summed E-state index contributed by atoms with van der Waals surface area (Å²) in [6, 6.07) is 3.67. The maximum atomic E-state index is 13.2. The fourth-order valence-corrected chi connectivity index (χ4v) is 3.67. The molecule has 1 aromatic carbocycles. The highest BCUT2D eigenvalue weighted by Gasteiger charge is 2.23. The summed E-state index contributed by atoms with van der Waals surface area (Å²) in [5.74, 6) is -2.11. The van der Waals surface area contributed by atoms with Gasteiger partial charge in [0, 0.05) is 10.1 Å². The van der Waals surface area contributed by atoms with Crippen molar-refractivity contribution in [1.29, 1.82) is 0 Å². The third kappa shape index (κ3) is 2.54. The number of carboxylic acids is 1. The van der Waals surface area contributed by atoms with Gasteiger partial charge in [-0.15, -0.1) is 0 Å². The molecule has 5 heteroatoms. The van der Waals surface area contributed by atoms with Gasteiger partial charge in [0.05, 0.1) is 16.4 Å². The summed E-state index contributed by atoms with van der Waals surface area (Å²) >= 11 is 0. The molecule has 0 radical (unpaired) electrons. The Labute approximate surface area is 101 Å². The van der Waals surface area contributed by atoms with E-state index in [-0.39, 0.29) is 5.25 Å². The zero-order valence-electron chi connectivity index (χ0n) is 9.19. The summed E-state index contributed by atoms with van der Waals surface area (Å²) in [6.07, 6.45) is 3.91. The molecular weight excluding hydrogens is 243 g/mol. The second-order valence-corrected chi connectivity index (χ2v) is 5.88. The number of hydrogen-bond donors (Lipinski definition) is 1. The van der Waals surface area contributed by atoms with Crippen LogP contribution in [0.2, 0.25) is 0 Å². The van der Waals surface area contributed by atoms with Crippen LogP contribution >= 0.6 is 0 Å². The Kier molecular flexibility index (Phi) is 3.57. The van der Waals surface area contributed by atoms with Gasteiger partial charge in [0.1, 0.15) is 5.82 Å². The van der Waals surface area contributed by atoms with Crippen LogP contribution in [-0.2, 0) is 10.8 Å². The molecule has 17 heavy (non-hydrogen) atoms. The van der Waals surface area contributed by atoms with Gasteiger partial charge < -0.3 is 5.11 Å². The minimum Gasteiger partial charge on any atom is -0.478 e. The van der Waals surface area contributed by atoms with Crippen LogP contribution in [0.4, 0.5) is 4.39 Å². The smallest absolute Gasteiger partial charge is 0.338 e. The Hall–Kier alpha value is -1.23. The van der Waals surface area contributed by atoms with E-state index < -0.39 is 28.1 Å². The minimum atomic E-state index is -1.33. The van der Waals surface area contributed by atoms with Gasteiger partial charge in [-0.1, -0.05) is 12.8 Å². The molecule has 1 aliphatic carbocycles. The second-order valence-electron chi connectivity index (χ2n) is 4.15. The first-order valence-corrected chi connectivity index (χ1v) is 6.74. The third-order valence-corrected chi connectivity index (χ3v) is 4.80. The Bertz CT molecular complexity index is 467. The highest BCUT2D eigenvalue weighted by molar-refractivity contribution is 7.85. The van der Waals surface area contributed by atoms with Crippen molar-refractivity contribution in [1.82, 2.24) is 0 Å². The lowest BCUT2D eigenvalue weighted by atomic mass is 10.2. The molecule has 1 aromatic rings. The van der Waals surface area contributed by atoms with Crippen molar-refractivity contribution in [2.24, 2.45) is 0 Å². The van der Waals surface area contributed by atoms with Crippen molar-refractivity contribution in [2.75, 3.05) is 0 Å². The SMILES string of the molecule is O=C(O)c1cc(S(=O)C2CCCC2)ccc1F. The minimum absolute atomic E-state index is 0.0853. The lowest BCUT2D eigenvalue weighted by Crippen LogP contribution is -2.11. The molecule has 3 nitrogen and oxygen atoms in total. The Balaban J connectivity index is 2.29. The number of carbonyl (C=O) groups is 1. The van der Waals surface area contributed by atoms with E-state index in [1.165, 1.54) is 12.1 Å². The predicted molar refractivity (Wildman–Crippen MR) is 62.0 cm³/mol. The van der Waals surface area contributed by atoms with E-state index in [0.29, 0.717) is 4.90 Å². The highest BCUT2D eigenvalue weighted by Crippen LogP contribution is 2.27. The Morgan fingerprint density at radius 3 is 2.59 bits per heavy atom. The molecule has 0 amide bonds. The van der Waals surface area contributed by atoms with Crippen molar-refractivity contribution < 1.29 is 18.5 Å². The van der Waals surface area contributed by atoms with Crippen molar-refractivity contribution in [2.45, 2.75) is 35.8 Å². The summed E-state index contributed by atoms with van der Waals surface area (Å²) in [5.41, 5.74) is -0.408. The molecule has 1 fully saturated rings. The summed E-state index contributed by atoms with van der Waals surface area (Å²) in [4.78, 5) is 11.2. The number of hydrogen-bond acceptors (Lipinski definition) is 2. The van der Waals surface area contributed by atoms with Crippen molar-refractivity contribution in [3.8, 4) is 0 Å². The molecule has 1 unspecified atom stereocenters. The van der Waals surface area contributed by atoms with Crippen LogP contribution in [0.25, 0.3) is 0 Å². The summed E-state index contributed by atoms with van der Waals surface area (Å²) in [7, 11) is -1.22. The fourth-order valence-electron chi connectivity index (χ4n) is 2.09. The predicted octanol–water partition coefficient (Wildman–Crippen LogP) is 2.57. The van der Waals surface area contributed by atoms with Crippen LogP contribution in [0.5, 0.6) is 0 Å². The van der Waals surface area contributed by atoms with Gasteiger partial charge >= 0.3 is 5.97 Å². The zero-order chi connectivity index (χ0) is 12.4. The van der Waals surface area contributed by atoms with Crippen LogP contribution in [0.15, 0.2) is 23.1 Å². The fraction of sp³-hybridized carbons (Fsp3) is 0.417. The highest BCUT2D eigenvalue weighted by atomic mass is 32.2. The molecule has 0 bridgehead atoms. The molecule has 0 aromatic heterocycles. The first-order valence-electron chi connectivity index (χ1n) is 5.53. The molecule has 1 N–H and O–H groups in total. The summed E-state index contributed by atoms with van der Waals surface area (Å²) in [5, 5.41) is 8.88. The van der Waals surface area contributed by atoms with Gasteiger partial charge in [0.25, 0.3) is 0 Å². The molecule has 1 aliphatic rings. The summed E-state index contributed by atoms with van der Waals surface area (Å²) in [6.45, 7) is 0. The van der Waals surface area contributed by atoms with Crippen LogP contribution < -0.4 is 0 Å². The average molecular weight is 256 g/mol. The number of halogens is 1. The van der Waals surface area contributed by atoms with Crippen LogP contribution in [0, 0.1) is 5.82 Å². The largest absolute Gasteiger partial charge is 0.478 e. The van der Waals surface area contributed by atoms with Crippen LogP contribution in [0.3, 0.4) is 0 Å². The van der Waals surface area contributed by atoms with Crippen molar-refractivity contribution >= 4 is 16.8 Å². The molecule has 1 saturated carbocycles. The molecule has 0 aliphatic heterocycles. The average Bonchev–Trinajstić information content (AvgIpc) is 2.81. The summed E-state index contributed by atoms with van der Waals surface area (Å²) < 4.78 is 25.3. The lowest BCUT2D eigenvalue weighted by Gasteiger charge is -2.09. The second kappa shape index (κ2) is 4.96. The number of carboxylic acid groups (broad SMARTS) is 1. The van der Waals surface area contributed by atoms with E-state index in [4.69, 9.17) is 5.11 Å². The van der Waals surface area contributed by atoms with Gasteiger partial charge in [-0.25, -0.2) is 9.18 Å². The third-order valence-electron chi connectivity index (χ3n) is 3.01. The van der Waals surface area contributed by atoms with Crippen LogP contribution in [0.1, 0.15) is 36.0 Å². The van der Waals surface area contributed by atoms with E-state index in [1.54, 1.807) is 0 Å². The monoisotopic (exact) mass is 256 g/mol. The van der Waals surface area contributed by atoms with Gasteiger partial charge in [0.2, 0.25) is 0 Å². The van der Waals surface area contributed by atoms with Gasteiger partial charge in [-0.3, -0.25) is 4.21 Å². The maximum Gasteiger partial charge on any atom is 0.338 e. The topological polar surface area (TPSA) is 54.4 Å². The Morgan fingerprint density at radius 2 is 2.00 bits per heavy atom. The number of benzene rings is 1. The maximum absolute atomic E-state index is 13.2. The van der Waals surface area contributed by atoms with E-state index >= 15 is 0 Å². The molecule has 92 valence electrons. The van der Waals surface area contributed by atoms with Gasteiger partial charge in [-0.2, -0.15) is 0 Å². The first-order chi connectivity index (χ1) is 8.09. The lowest BCUT2D eigenvalue weighted by molar-refractivity contribution is 0.0691. The molecular formula is C12H13FO3S. The number of rotatable bonds is 3. The number of aromatic carboxylic acids is 1. The normalized spacial score (nSPS) is 18.2. The zero-order valence-corrected chi connectivity index (χ0v) is 10.0. The standard InChI is InChI=1S/C12H13FO3S/c13-11-6-5-9(7-10(11)12(14)15)17(16)8-3-1-2-4-8/h5-8H,1-4H2,(H,14,15). The molecule has 0 saturated heterocycles. The molecule has 1 atom stereocenters. The van der Waals surface area contributed by atoms with E-state index in [0.717, 1.165) is 31.7 Å².